The van der Waals surface area contributed by atoms with Gasteiger partial charge in [0.15, 0.2) is 5.65 Å². The topological polar surface area (TPSA) is 63.3 Å². The summed E-state index contributed by atoms with van der Waals surface area (Å²) in [6.45, 7) is 3.63. The maximum absolute atomic E-state index is 13.5. The zero-order chi connectivity index (χ0) is 19.1. The van der Waals surface area contributed by atoms with Crippen molar-refractivity contribution in [3.05, 3.63) is 54.6 Å². The predicted molar refractivity (Wildman–Crippen MR) is 106 cm³/mol. The van der Waals surface area contributed by atoms with Crippen LogP contribution in [0.3, 0.4) is 0 Å². The van der Waals surface area contributed by atoms with Gasteiger partial charge in [0.2, 0.25) is 0 Å². The number of piperazine rings is 1. The Labute approximate surface area is 161 Å². The Kier molecular flexibility index (Phi) is 4.05. The molecule has 28 heavy (non-hydrogen) atoms. The van der Waals surface area contributed by atoms with Crippen molar-refractivity contribution < 1.29 is 4.39 Å². The molecule has 1 aliphatic rings. The second-order valence-electron chi connectivity index (χ2n) is 6.86. The lowest BCUT2D eigenvalue weighted by molar-refractivity contribution is 0.573. The summed E-state index contributed by atoms with van der Waals surface area (Å²) in [5.41, 5.74) is 4.21. The largest absolute Gasteiger partial charge is 0.354 e. The molecule has 7 nitrogen and oxygen atoms in total. The number of imidazole rings is 1. The van der Waals surface area contributed by atoms with Gasteiger partial charge in [-0.3, -0.25) is 4.68 Å². The van der Waals surface area contributed by atoms with Crippen LogP contribution >= 0.6 is 0 Å². The number of anilines is 1. The maximum Gasteiger partial charge on any atom is 0.153 e. The first-order chi connectivity index (χ1) is 13.7. The van der Waals surface area contributed by atoms with Crippen LogP contribution in [-0.4, -0.2) is 50.6 Å². The average Bonchev–Trinajstić information content (AvgIpc) is 3.32. The van der Waals surface area contributed by atoms with Crippen molar-refractivity contribution in [1.82, 2.24) is 29.7 Å². The molecule has 1 fully saturated rings. The molecule has 4 aromatic rings. The van der Waals surface area contributed by atoms with E-state index in [2.05, 4.69) is 15.2 Å². The zero-order valence-electron chi connectivity index (χ0n) is 15.5. The van der Waals surface area contributed by atoms with Crippen molar-refractivity contribution in [3.63, 3.8) is 0 Å². The molecule has 0 bridgehead atoms. The number of hydrogen-bond acceptors (Lipinski definition) is 5. The Morgan fingerprint density at radius 1 is 1.00 bits per heavy atom. The molecule has 0 unspecified atom stereocenters. The molecule has 0 amide bonds. The van der Waals surface area contributed by atoms with E-state index in [-0.39, 0.29) is 5.82 Å². The van der Waals surface area contributed by atoms with E-state index in [9.17, 15) is 4.39 Å². The number of aromatic nitrogens is 5. The van der Waals surface area contributed by atoms with Crippen molar-refractivity contribution in [3.8, 4) is 22.5 Å². The van der Waals surface area contributed by atoms with Gasteiger partial charge in [-0.05, 0) is 36.4 Å². The van der Waals surface area contributed by atoms with Gasteiger partial charge in [-0.2, -0.15) is 10.2 Å². The number of nitrogens with zero attached hydrogens (tertiary/aromatic N) is 6. The smallest absolute Gasteiger partial charge is 0.153 e. The molecule has 1 N–H and O–H groups in total. The van der Waals surface area contributed by atoms with E-state index < -0.39 is 0 Å². The molecule has 0 aliphatic carbocycles. The number of rotatable bonds is 3. The van der Waals surface area contributed by atoms with Crippen LogP contribution in [-0.2, 0) is 7.05 Å². The fraction of sp³-hybridized carbons (Fsp3) is 0.250. The molecule has 4 heterocycles. The highest BCUT2D eigenvalue weighted by molar-refractivity contribution is 5.88. The lowest BCUT2D eigenvalue weighted by Gasteiger charge is -2.30. The monoisotopic (exact) mass is 377 g/mol. The summed E-state index contributed by atoms with van der Waals surface area (Å²) in [5.74, 6) is 0.759. The SMILES string of the molecule is Cn1nc(-c2ccc(F)cc2)c(-c2ccc3nccn3n2)c1N1CCNCC1. The third-order valence-electron chi connectivity index (χ3n) is 5.06. The highest BCUT2D eigenvalue weighted by Gasteiger charge is 2.26. The third kappa shape index (κ3) is 2.82. The number of benzene rings is 1. The van der Waals surface area contributed by atoms with Gasteiger partial charge in [-0.15, -0.1) is 0 Å². The van der Waals surface area contributed by atoms with Crippen LogP contribution < -0.4 is 10.2 Å². The van der Waals surface area contributed by atoms with Gasteiger partial charge in [0.05, 0.1) is 11.3 Å². The van der Waals surface area contributed by atoms with Crippen molar-refractivity contribution in [2.45, 2.75) is 0 Å². The maximum atomic E-state index is 13.5. The number of hydrogen-bond donors (Lipinski definition) is 1. The van der Waals surface area contributed by atoms with Crippen molar-refractivity contribution >= 4 is 11.5 Å². The van der Waals surface area contributed by atoms with Crippen LogP contribution in [0.25, 0.3) is 28.2 Å². The van der Waals surface area contributed by atoms with E-state index in [1.54, 1.807) is 22.8 Å². The van der Waals surface area contributed by atoms with E-state index in [1.165, 1.54) is 12.1 Å². The molecule has 142 valence electrons. The van der Waals surface area contributed by atoms with Gasteiger partial charge >= 0.3 is 0 Å². The normalized spacial score (nSPS) is 14.7. The Balaban J connectivity index is 1.73. The van der Waals surface area contributed by atoms with Gasteiger partial charge < -0.3 is 10.2 Å². The summed E-state index contributed by atoms with van der Waals surface area (Å²) in [5, 5.41) is 12.9. The average molecular weight is 377 g/mol. The highest BCUT2D eigenvalue weighted by atomic mass is 19.1. The van der Waals surface area contributed by atoms with E-state index in [0.29, 0.717) is 0 Å². The van der Waals surface area contributed by atoms with E-state index in [4.69, 9.17) is 10.2 Å². The molecule has 1 aliphatic heterocycles. The zero-order valence-corrected chi connectivity index (χ0v) is 15.5. The van der Waals surface area contributed by atoms with Crippen molar-refractivity contribution in [2.24, 2.45) is 7.05 Å². The summed E-state index contributed by atoms with van der Waals surface area (Å²) < 4.78 is 17.1. The van der Waals surface area contributed by atoms with Crippen LogP contribution in [0.1, 0.15) is 0 Å². The number of fused-ring (bicyclic) bond motifs is 1. The second kappa shape index (κ2) is 6.72. The lowest BCUT2D eigenvalue weighted by Crippen LogP contribution is -2.44. The van der Waals surface area contributed by atoms with Crippen molar-refractivity contribution in [1.29, 1.82) is 0 Å². The minimum atomic E-state index is -0.262. The fourth-order valence-corrected chi connectivity index (χ4v) is 3.75. The molecule has 0 atom stereocenters. The minimum Gasteiger partial charge on any atom is -0.354 e. The Morgan fingerprint density at radius 2 is 1.79 bits per heavy atom. The predicted octanol–water partition coefficient (Wildman–Crippen LogP) is 2.35. The minimum absolute atomic E-state index is 0.262. The van der Waals surface area contributed by atoms with Crippen LogP contribution in [0, 0.1) is 5.82 Å². The van der Waals surface area contributed by atoms with Gasteiger partial charge in [-0.25, -0.2) is 13.9 Å². The number of nitrogens with one attached hydrogen (secondary N) is 1. The molecule has 1 saturated heterocycles. The van der Waals surface area contributed by atoms with Crippen LogP contribution in [0.2, 0.25) is 0 Å². The second-order valence-corrected chi connectivity index (χ2v) is 6.86. The van der Waals surface area contributed by atoms with Crippen molar-refractivity contribution in [2.75, 3.05) is 31.1 Å². The highest BCUT2D eigenvalue weighted by Crippen LogP contribution is 2.38. The molecule has 1 aromatic carbocycles. The first-order valence-electron chi connectivity index (χ1n) is 9.30. The first kappa shape index (κ1) is 16.9. The van der Waals surface area contributed by atoms with Crippen LogP contribution in [0.5, 0.6) is 0 Å². The van der Waals surface area contributed by atoms with Gasteiger partial charge in [0, 0.05) is 51.2 Å². The van der Waals surface area contributed by atoms with Crippen LogP contribution in [0.4, 0.5) is 10.2 Å². The molecule has 8 heteroatoms. The molecular formula is C20H20FN7. The molecule has 0 spiro atoms. The fourth-order valence-electron chi connectivity index (χ4n) is 3.75. The molecular weight excluding hydrogens is 357 g/mol. The van der Waals surface area contributed by atoms with E-state index in [0.717, 1.165) is 60.2 Å². The van der Waals surface area contributed by atoms with E-state index in [1.807, 2.05) is 30.1 Å². The summed E-state index contributed by atoms with van der Waals surface area (Å²) in [7, 11) is 1.95. The van der Waals surface area contributed by atoms with Gasteiger partial charge in [0.25, 0.3) is 0 Å². The quantitative estimate of drug-likeness (QED) is 0.594. The molecule has 0 radical (unpaired) electrons. The summed E-state index contributed by atoms with van der Waals surface area (Å²) in [6.07, 6.45) is 3.56. The third-order valence-corrected chi connectivity index (χ3v) is 5.06. The molecule has 3 aromatic heterocycles. The summed E-state index contributed by atoms with van der Waals surface area (Å²) in [6, 6.07) is 10.4. The van der Waals surface area contributed by atoms with Crippen LogP contribution in [0.15, 0.2) is 48.8 Å². The number of halogens is 1. The standard InChI is InChI=1S/C20H20FN7/c1-26-20(27-11-8-22-9-12-27)18(16-6-7-17-23-10-13-28(17)24-16)19(25-26)14-2-4-15(21)5-3-14/h2-7,10,13,22H,8-9,11-12H2,1H3. The molecule has 0 saturated carbocycles. The summed E-state index contributed by atoms with van der Waals surface area (Å²) >= 11 is 0. The Hall–Kier alpha value is -3.26. The Morgan fingerprint density at radius 3 is 2.57 bits per heavy atom. The van der Waals surface area contributed by atoms with E-state index >= 15 is 0 Å². The molecule has 5 rings (SSSR count). The Bertz CT molecular complexity index is 1120. The lowest BCUT2D eigenvalue weighted by atomic mass is 10.0. The number of aryl methyl sites for hydroxylation is 1. The van der Waals surface area contributed by atoms with Gasteiger partial charge in [-0.1, -0.05) is 0 Å². The summed E-state index contributed by atoms with van der Waals surface area (Å²) in [4.78, 5) is 6.61. The first-order valence-corrected chi connectivity index (χ1v) is 9.30. The van der Waals surface area contributed by atoms with Gasteiger partial charge in [0.1, 0.15) is 17.3 Å².